The van der Waals surface area contributed by atoms with Gasteiger partial charge in [-0.25, -0.2) is 8.78 Å². The second kappa shape index (κ2) is 7.38. The molecule has 1 unspecified atom stereocenters. The van der Waals surface area contributed by atoms with Crippen LogP contribution in [-0.2, 0) is 4.79 Å². The monoisotopic (exact) mass is 385 g/mol. The first-order valence-corrected chi connectivity index (χ1v) is 8.87. The molecule has 4 rings (SSSR count). The van der Waals surface area contributed by atoms with Gasteiger partial charge in [-0.1, -0.05) is 17.3 Å². The van der Waals surface area contributed by atoms with Crippen LogP contribution >= 0.6 is 0 Å². The van der Waals surface area contributed by atoms with Crippen molar-refractivity contribution >= 4 is 11.6 Å². The van der Waals surface area contributed by atoms with Crippen LogP contribution in [0.15, 0.2) is 47.0 Å². The van der Waals surface area contributed by atoms with Crippen LogP contribution in [0.3, 0.4) is 0 Å². The second-order valence-electron chi connectivity index (χ2n) is 6.42. The fraction of sp³-hybridized carbons (Fsp3) is 0.250. The van der Waals surface area contributed by atoms with Gasteiger partial charge in [0.15, 0.2) is 0 Å². The van der Waals surface area contributed by atoms with Gasteiger partial charge < -0.3 is 14.2 Å². The van der Waals surface area contributed by atoms with E-state index in [1.54, 1.807) is 0 Å². The molecule has 1 aliphatic rings. The zero-order valence-corrected chi connectivity index (χ0v) is 15.1. The summed E-state index contributed by atoms with van der Waals surface area (Å²) in [5.41, 5.74) is 0.860. The number of aromatic nitrogens is 2. The molecule has 0 radical (unpaired) electrons. The lowest BCUT2D eigenvalue weighted by Gasteiger charge is -2.16. The fourth-order valence-corrected chi connectivity index (χ4v) is 3.26. The molecule has 3 aromatic rings. The molecule has 2 heterocycles. The maximum absolute atomic E-state index is 13.5. The van der Waals surface area contributed by atoms with Crippen molar-refractivity contribution < 1.29 is 22.8 Å². The normalized spacial score (nSPS) is 16.6. The molecule has 0 N–H and O–H groups in total. The van der Waals surface area contributed by atoms with Crippen molar-refractivity contribution in [3.8, 4) is 17.1 Å². The molecule has 1 aliphatic heterocycles. The standard InChI is InChI=1S/C20H17F2N3O3/c1-2-27-17-6-4-3-5-16(17)19-23-20(28-24-19)12-7-18(26)25(11-12)15-9-13(21)8-14(22)10-15/h3-6,8-10,12H,2,7,11H2,1H3. The lowest BCUT2D eigenvalue weighted by molar-refractivity contribution is -0.117. The summed E-state index contributed by atoms with van der Waals surface area (Å²) in [7, 11) is 0. The number of ether oxygens (including phenoxy) is 1. The third-order valence-electron chi connectivity index (χ3n) is 4.50. The quantitative estimate of drug-likeness (QED) is 0.666. The van der Waals surface area contributed by atoms with Gasteiger partial charge in [0.2, 0.25) is 17.6 Å². The van der Waals surface area contributed by atoms with Crippen LogP contribution < -0.4 is 9.64 Å². The molecule has 1 amide bonds. The molecule has 2 aromatic carbocycles. The van der Waals surface area contributed by atoms with Gasteiger partial charge in [-0.15, -0.1) is 0 Å². The minimum Gasteiger partial charge on any atom is -0.493 e. The highest BCUT2D eigenvalue weighted by molar-refractivity contribution is 5.96. The molecule has 0 bridgehead atoms. The molecule has 1 aromatic heterocycles. The second-order valence-corrected chi connectivity index (χ2v) is 6.42. The van der Waals surface area contributed by atoms with E-state index in [0.717, 1.165) is 18.2 Å². The Morgan fingerprint density at radius 3 is 2.71 bits per heavy atom. The van der Waals surface area contributed by atoms with Gasteiger partial charge in [-0.2, -0.15) is 4.98 Å². The summed E-state index contributed by atoms with van der Waals surface area (Å²) >= 11 is 0. The largest absolute Gasteiger partial charge is 0.493 e. The first-order chi connectivity index (χ1) is 13.5. The van der Waals surface area contributed by atoms with Crippen LogP contribution in [0, 0.1) is 11.6 Å². The van der Waals surface area contributed by atoms with Crippen LogP contribution in [-0.4, -0.2) is 29.2 Å². The van der Waals surface area contributed by atoms with Crippen molar-refractivity contribution in [1.29, 1.82) is 0 Å². The maximum Gasteiger partial charge on any atom is 0.232 e. The van der Waals surface area contributed by atoms with Gasteiger partial charge >= 0.3 is 0 Å². The Bertz CT molecular complexity index is 1000. The van der Waals surface area contributed by atoms with Crippen molar-refractivity contribution in [1.82, 2.24) is 10.1 Å². The number of benzene rings is 2. The summed E-state index contributed by atoms with van der Waals surface area (Å²) in [6, 6.07) is 10.3. The first-order valence-electron chi connectivity index (χ1n) is 8.87. The molecule has 6 nitrogen and oxygen atoms in total. The smallest absolute Gasteiger partial charge is 0.232 e. The number of rotatable bonds is 5. The van der Waals surface area contributed by atoms with Gasteiger partial charge in [-0.05, 0) is 31.2 Å². The molecular formula is C20H17F2N3O3. The third kappa shape index (κ3) is 3.45. The van der Waals surface area contributed by atoms with E-state index in [1.165, 1.54) is 4.90 Å². The Kier molecular flexibility index (Phi) is 4.77. The van der Waals surface area contributed by atoms with E-state index >= 15 is 0 Å². The average Bonchev–Trinajstić information content (AvgIpc) is 3.28. The predicted molar refractivity (Wildman–Crippen MR) is 97.0 cm³/mol. The molecular weight excluding hydrogens is 368 g/mol. The number of halogens is 2. The Morgan fingerprint density at radius 2 is 1.96 bits per heavy atom. The number of nitrogens with zero attached hydrogens (tertiary/aromatic N) is 3. The minimum absolute atomic E-state index is 0.118. The molecule has 8 heteroatoms. The van der Waals surface area contributed by atoms with Crippen LogP contribution in [0.4, 0.5) is 14.5 Å². The van der Waals surface area contributed by atoms with Crippen LogP contribution in [0.2, 0.25) is 0 Å². The lowest BCUT2D eigenvalue weighted by atomic mass is 10.1. The zero-order chi connectivity index (χ0) is 19.7. The number of anilines is 1. The van der Waals surface area contributed by atoms with Crippen LogP contribution in [0.5, 0.6) is 5.75 Å². The summed E-state index contributed by atoms with van der Waals surface area (Å²) in [4.78, 5) is 18.1. The summed E-state index contributed by atoms with van der Waals surface area (Å²) in [5.74, 6) is -0.797. The number of carbonyl (C=O) groups is 1. The highest BCUT2D eigenvalue weighted by Crippen LogP contribution is 2.34. The van der Waals surface area contributed by atoms with Gasteiger partial charge in [-0.3, -0.25) is 4.79 Å². The lowest BCUT2D eigenvalue weighted by Crippen LogP contribution is -2.24. The summed E-state index contributed by atoms with van der Waals surface area (Å²) in [6.45, 7) is 2.58. The van der Waals surface area contributed by atoms with Gasteiger partial charge in [0.1, 0.15) is 17.4 Å². The highest BCUT2D eigenvalue weighted by atomic mass is 19.1. The molecule has 0 aliphatic carbocycles. The van der Waals surface area contributed by atoms with E-state index in [2.05, 4.69) is 10.1 Å². The van der Waals surface area contributed by atoms with Gasteiger partial charge in [0.05, 0.1) is 18.1 Å². The van der Waals surface area contributed by atoms with Crippen LogP contribution in [0.1, 0.15) is 25.2 Å². The van der Waals surface area contributed by atoms with Crippen LogP contribution in [0.25, 0.3) is 11.4 Å². The van der Waals surface area contributed by atoms with E-state index in [1.807, 2.05) is 31.2 Å². The topological polar surface area (TPSA) is 68.5 Å². The number of carbonyl (C=O) groups excluding carboxylic acids is 1. The number of hydrogen-bond donors (Lipinski definition) is 0. The van der Waals surface area contributed by atoms with Gasteiger partial charge in [0.25, 0.3) is 0 Å². The first kappa shape index (κ1) is 18.1. The SMILES string of the molecule is CCOc1ccccc1-c1noc(C2CC(=O)N(c3cc(F)cc(F)c3)C2)n1. The number of para-hydroxylation sites is 1. The Labute approximate surface area is 159 Å². The van der Waals surface area contributed by atoms with E-state index in [4.69, 9.17) is 9.26 Å². The Balaban J connectivity index is 1.58. The van der Waals surface area contributed by atoms with E-state index in [-0.39, 0.29) is 30.5 Å². The zero-order valence-electron chi connectivity index (χ0n) is 15.1. The van der Waals surface area contributed by atoms with Crippen molar-refractivity contribution in [2.45, 2.75) is 19.3 Å². The van der Waals surface area contributed by atoms with E-state index in [0.29, 0.717) is 29.6 Å². The van der Waals surface area contributed by atoms with Gasteiger partial charge in [0, 0.05) is 24.7 Å². The molecule has 1 saturated heterocycles. The maximum atomic E-state index is 13.5. The molecule has 0 spiro atoms. The van der Waals surface area contributed by atoms with E-state index < -0.39 is 11.6 Å². The molecule has 1 atom stereocenters. The van der Waals surface area contributed by atoms with Crippen molar-refractivity contribution in [2.24, 2.45) is 0 Å². The minimum atomic E-state index is -0.737. The highest BCUT2D eigenvalue weighted by Gasteiger charge is 2.35. The Morgan fingerprint density at radius 1 is 1.21 bits per heavy atom. The average molecular weight is 385 g/mol. The summed E-state index contributed by atoms with van der Waals surface area (Å²) in [5, 5.41) is 4.01. The third-order valence-corrected chi connectivity index (χ3v) is 4.50. The molecule has 28 heavy (non-hydrogen) atoms. The van der Waals surface area contributed by atoms with Crippen molar-refractivity contribution in [2.75, 3.05) is 18.1 Å². The predicted octanol–water partition coefficient (Wildman–Crippen LogP) is 3.93. The van der Waals surface area contributed by atoms with Crippen molar-refractivity contribution in [3.63, 3.8) is 0 Å². The molecule has 144 valence electrons. The molecule has 0 saturated carbocycles. The molecule has 1 fully saturated rings. The number of amides is 1. The summed E-state index contributed by atoms with van der Waals surface area (Å²) in [6.07, 6.45) is 0.118. The number of hydrogen-bond acceptors (Lipinski definition) is 5. The fourth-order valence-electron chi connectivity index (χ4n) is 3.26. The summed E-state index contributed by atoms with van der Waals surface area (Å²) < 4.78 is 37.9. The Hall–Kier alpha value is -3.29. The van der Waals surface area contributed by atoms with Crippen molar-refractivity contribution in [3.05, 3.63) is 60.0 Å². The van der Waals surface area contributed by atoms with E-state index in [9.17, 15) is 13.6 Å².